The number of ether oxygens (including phenoxy) is 1. The maximum Gasteiger partial charge on any atom is 0.305 e. The van der Waals surface area contributed by atoms with Gasteiger partial charge in [0.2, 0.25) is 23.6 Å². The van der Waals surface area contributed by atoms with Crippen LogP contribution in [-0.2, 0) is 41.6 Å². The standard InChI is InChI=1S/C35H51N5O7S/c1-23-18-26(41)19-24(2)27(23)21-28(36)34(45)39-29(15-17-48-4)35(46)38-22-31(42)40(16-11-6-5-10-14-32(43)47-3)30(33(37)44)20-25-12-8-7-9-13-25/h7-9,12-13,18-19,28-30,41H,5-6,10-11,14-17,20-22,36H2,1-4H3,(H2,37,44)(H,38,46)(H,39,45)/t28-,29+,30-/m0/s1. The number of carbonyl (C=O) groups is 5. The first kappa shape index (κ1) is 40.1. The average molecular weight is 686 g/mol. The minimum atomic E-state index is -0.949. The number of hydrogen-bond acceptors (Lipinski definition) is 9. The molecular weight excluding hydrogens is 634 g/mol. The van der Waals surface area contributed by atoms with E-state index in [0.717, 1.165) is 28.7 Å². The Kier molecular flexibility index (Phi) is 17.5. The molecule has 264 valence electrons. The Bertz CT molecular complexity index is 1350. The van der Waals surface area contributed by atoms with E-state index >= 15 is 0 Å². The Morgan fingerprint density at radius 2 is 1.60 bits per heavy atom. The topological polar surface area (TPSA) is 194 Å². The van der Waals surface area contributed by atoms with Crippen LogP contribution in [0.25, 0.3) is 0 Å². The minimum Gasteiger partial charge on any atom is -0.508 e. The van der Waals surface area contributed by atoms with Gasteiger partial charge < -0.3 is 36.8 Å². The van der Waals surface area contributed by atoms with Gasteiger partial charge >= 0.3 is 5.97 Å². The van der Waals surface area contributed by atoms with Crippen LogP contribution in [0.15, 0.2) is 42.5 Å². The van der Waals surface area contributed by atoms with Gasteiger partial charge in [-0.05, 0) is 85.9 Å². The Morgan fingerprint density at radius 3 is 2.21 bits per heavy atom. The van der Waals surface area contributed by atoms with Crippen LogP contribution in [0.2, 0.25) is 0 Å². The fourth-order valence-corrected chi connectivity index (χ4v) is 5.91. The zero-order valence-corrected chi connectivity index (χ0v) is 29.3. The van der Waals surface area contributed by atoms with Gasteiger partial charge in [0.15, 0.2) is 0 Å². The zero-order chi connectivity index (χ0) is 35.6. The van der Waals surface area contributed by atoms with Crippen molar-refractivity contribution < 1.29 is 33.8 Å². The second-order valence-electron chi connectivity index (χ2n) is 11.9. The molecule has 0 spiro atoms. The molecule has 0 bridgehead atoms. The molecule has 0 unspecified atom stereocenters. The summed E-state index contributed by atoms with van der Waals surface area (Å²) in [4.78, 5) is 65.5. The first-order valence-electron chi connectivity index (χ1n) is 16.2. The highest BCUT2D eigenvalue weighted by Gasteiger charge is 2.30. The van der Waals surface area contributed by atoms with Crippen LogP contribution in [0.1, 0.15) is 60.8 Å². The highest BCUT2D eigenvalue weighted by molar-refractivity contribution is 7.98. The summed E-state index contributed by atoms with van der Waals surface area (Å²) < 4.78 is 4.68. The van der Waals surface area contributed by atoms with Crippen molar-refractivity contribution in [3.63, 3.8) is 0 Å². The second kappa shape index (κ2) is 21.0. The van der Waals surface area contributed by atoms with Crippen LogP contribution in [0.3, 0.4) is 0 Å². The normalized spacial score (nSPS) is 12.8. The van der Waals surface area contributed by atoms with Gasteiger partial charge in [-0.1, -0.05) is 43.2 Å². The van der Waals surface area contributed by atoms with E-state index in [1.54, 1.807) is 12.1 Å². The molecule has 3 atom stereocenters. The van der Waals surface area contributed by atoms with Crippen molar-refractivity contribution in [3.05, 3.63) is 64.7 Å². The number of carbonyl (C=O) groups excluding carboxylic acids is 5. The van der Waals surface area contributed by atoms with Crippen LogP contribution in [0.5, 0.6) is 5.75 Å². The summed E-state index contributed by atoms with van der Waals surface area (Å²) in [5.41, 5.74) is 15.3. The molecule has 0 heterocycles. The highest BCUT2D eigenvalue weighted by atomic mass is 32.2. The van der Waals surface area contributed by atoms with Crippen molar-refractivity contribution in [3.8, 4) is 5.75 Å². The van der Waals surface area contributed by atoms with Crippen molar-refractivity contribution in [1.82, 2.24) is 15.5 Å². The largest absolute Gasteiger partial charge is 0.508 e. The third kappa shape index (κ3) is 13.6. The molecule has 0 saturated carbocycles. The number of esters is 1. The highest BCUT2D eigenvalue weighted by Crippen LogP contribution is 2.22. The van der Waals surface area contributed by atoms with Gasteiger partial charge in [-0.15, -0.1) is 0 Å². The summed E-state index contributed by atoms with van der Waals surface area (Å²) in [6, 6.07) is 9.61. The van der Waals surface area contributed by atoms with E-state index in [2.05, 4.69) is 15.4 Å². The molecule has 0 aliphatic rings. The smallest absolute Gasteiger partial charge is 0.305 e. The zero-order valence-electron chi connectivity index (χ0n) is 28.5. The molecule has 7 N–H and O–H groups in total. The van der Waals surface area contributed by atoms with Gasteiger partial charge in [0.1, 0.15) is 17.8 Å². The first-order chi connectivity index (χ1) is 22.9. The fourth-order valence-electron chi connectivity index (χ4n) is 5.44. The van der Waals surface area contributed by atoms with Crippen LogP contribution in [0.4, 0.5) is 0 Å². The maximum absolute atomic E-state index is 13.6. The molecule has 0 radical (unpaired) electrons. The van der Waals surface area contributed by atoms with Crippen LogP contribution in [-0.4, -0.2) is 89.9 Å². The lowest BCUT2D eigenvalue weighted by Crippen LogP contribution is -2.55. The molecular formula is C35H51N5O7S. The molecule has 0 saturated heterocycles. The number of nitrogens with one attached hydrogen (secondary N) is 2. The molecule has 2 aromatic rings. The molecule has 0 aliphatic carbocycles. The Labute approximate surface area is 287 Å². The molecule has 13 heteroatoms. The van der Waals surface area contributed by atoms with E-state index in [1.165, 1.54) is 23.8 Å². The molecule has 0 aliphatic heterocycles. The van der Waals surface area contributed by atoms with Crippen molar-refractivity contribution in [2.24, 2.45) is 11.5 Å². The number of aromatic hydroxyl groups is 1. The minimum absolute atomic E-state index is 0.131. The Hall–Kier alpha value is -4.10. The number of aryl methyl sites for hydroxylation is 2. The molecule has 48 heavy (non-hydrogen) atoms. The van der Waals surface area contributed by atoms with E-state index in [9.17, 15) is 29.1 Å². The number of thioether (sulfide) groups is 1. The number of nitrogens with two attached hydrogens (primary N) is 2. The van der Waals surface area contributed by atoms with Crippen molar-refractivity contribution >= 4 is 41.4 Å². The number of hydrogen-bond donors (Lipinski definition) is 5. The summed E-state index contributed by atoms with van der Waals surface area (Å²) in [5, 5.41) is 15.2. The molecule has 0 aromatic heterocycles. The maximum atomic E-state index is 13.6. The van der Waals surface area contributed by atoms with E-state index in [-0.39, 0.29) is 31.1 Å². The number of nitrogens with zero attached hydrogens (tertiary/aromatic N) is 1. The van der Waals surface area contributed by atoms with Gasteiger partial charge in [0.05, 0.1) is 19.7 Å². The van der Waals surface area contributed by atoms with Crippen molar-refractivity contribution in [2.45, 2.75) is 83.3 Å². The number of primary amides is 1. The summed E-state index contributed by atoms with van der Waals surface area (Å²) >= 11 is 1.51. The second-order valence-corrected chi connectivity index (χ2v) is 12.9. The molecule has 12 nitrogen and oxygen atoms in total. The van der Waals surface area contributed by atoms with Gasteiger partial charge in [0, 0.05) is 19.4 Å². The lowest BCUT2D eigenvalue weighted by atomic mass is 9.96. The number of benzene rings is 2. The van der Waals surface area contributed by atoms with Gasteiger partial charge in [-0.3, -0.25) is 24.0 Å². The van der Waals surface area contributed by atoms with Crippen LogP contribution < -0.4 is 22.1 Å². The Morgan fingerprint density at radius 1 is 0.958 bits per heavy atom. The predicted octanol–water partition coefficient (Wildman–Crippen LogP) is 2.28. The molecule has 4 amide bonds. The molecule has 2 aromatic carbocycles. The quantitative estimate of drug-likeness (QED) is 0.0968. The van der Waals surface area contributed by atoms with E-state index in [1.807, 2.05) is 50.4 Å². The number of phenols is 1. The van der Waals surface area contributed by atoms with E-state index < -0.39 is 48.3 Å². The number of amides is 4. The molecule has 0 fully saturated rings. The SMILES string of the molecule is COC(=O)CCCCCCN(C(=O)CNC(=O)[C@@H](CCSC)NC(=O)[C@@H](N)Cc1c(C)cc(O)cc1C)[C@@H](Cc1ccccc1)C(N)=O. The van der Waals surface area contributed by atoms with Gasteiger partial charge in [0.25, 0.3) is 0 Å². The Balaban J connectivity index is 2.11. The fraction of sp³-hybridized carbons (Fsp3) is 0.514. The summed E-state index contributed by atoms with van der Waals surface area (Å²) in [6.45, 7) is 3.49. The van der Waals surface area contributed by atoms with Gasteiger partial charge in [-0.25, -0.2) is 0 Å². The van der Waals surface area contributed by atoms with Crippen LogP contribution >= 0.6 is 11.8 Å². The van der Waals surface area contributed by atoms with Crippen molar-refractivity contribution in [2.75, 3.05) is 32.2 Å². The van der Waals surface area contributed by atoms with Crippen molar-refractivity contribution in [1.29, 1.82) is 0 Å². The number of methoxy groups -OCH3 is 1. The average Bonchev–Trinajstić information content (AvgIpc) is 3.05. The van der Waals surface area contributed by atoms with E-state index in [0.29, 0.717) is 37.9 Å². The summed E-state index contributed by atoms with van der Waals surface area (Å²) in [6.07, 6.45) is 5.56. The summed E-state index contributed by atoms with van der Waals surface area (Å²) in [5.74, 6) is -1.79. The number of phenolic OH excluding ortho intramolecular Hbond substituents is 1. The lowest BCUT2D eigenvalue weighted by Gasteiger charge is -2.30. The third-order valence-electron chi connectivity index (χ3n) is 8.15. The third-order valence-corrected chi connectivity index (χ3v) is 8.80. The van der Waals surface area contributed by atoms with E-state index in [4.69, 9.17) is 11.5 Å². The number of unbranched alkanes of at least 4 members (excludes halogenated alkanes) is 3. The van der Waals surface area contributed by atoms with Crippen LogP contribution in [0, 0.1) is 13.8 Å². The lowest BCUT2D eigenvalue weighted by molar-refractivity contribution is -0.140. The predicted molar refractivity (Wildman–Crippen MR) is 187 cm³/mol. The van der Waals surface area contributed by atoms with Gasteiger partial charge in [-0.2, -0.15) is 11.8 Å². The molecule has 2 rings (SSSR count). The monoisotopic (exact) mass is 685 g/mol. The first-order valence-corrected chi connectivity index (χ1v) is 17.6. The summed E-state index contributed by atoms with van der Waals surface area (Å²) in [7, 11) is 1.34. The number of rotatable bonds is 21.